The molecule has 0 bridgehead atoms. The van der Waals surface area contributed by atoms with E-state index in [-0.39, 0.29) is 25.4 Å². The average molecular weight is 635 g/mol. The van der Waals surface area contributed by atoms with Crippen molar-refractivity contribution in [2.75, 3.05) is 0 Å². The zero-order valence-electron chi connectivity index (χ0n) is 27.1. The van der Waals surface area contributed by atoms with Crippen LogP contribution in [-0.2, 0) is 33.7 Å². The van der Waals surface area contributed by atoms with Gasteiger partial charge >= 0.3 is 12.2 Å². The minimum absolute atomic E-state index is 0.0429. The van der Waals surface area contributed by atoms with E-state index < -0.39 is 54.0 Å². The molecule has 11 heteroatoms. The Morgan fingerprint density at radius 3 is 1.96 bits per heavy atom. The van der Waals surface area contributed by atoms with E-state index in [0.29, 0.717) is 11.3 Å². The first-order valence-corrected chi connectivity index (χ1v) is 15.4. The standard InChI is InChI=1S/C35H46N4O7/c1-23(2)29(36)32(42)39(34(44)45-22-26-18-12-13-19-37-26)28(21-25-16-10-7-11-17-25)31(41)30(40)27(20-24-14-8-6-9-15-24)38-33(43)46-35(3,4)5/h6-19,23,27-31,40-41H,20-22,36H2,1-5H3,(H,38,43)/t27-,28-,29-,30-,31+/m0/s1. The molecule has 0 saturated carbocycles. The van der Waals surface area contributed by atoms with E-state index in [2.05, 4.69) is 10.3 Å². The van der Waals surface area contributed by atoms with Gasteiger partial charge in [-0.05, 0) is 62.8 Å². The van der Waals surface area contributed by atoms with E-state index >= 15 is 0 Å². The maximum Gasteiger partial charge on any atom is 0.417 e. The number of alkyl carbamates (subject to hydrolysis) is 1. The minimum Gasteiger partial charge on any atom is -0.444 e. The van der Waals surface area contributed by atoms with Gasteiger partial charge < -0.3 is 30.7 Å². The number of rotatable bonds is 13. The summed E-state index contributed by atoms with van der Waals surface area (Å²) in [6.45, 7) is 8.35. The molecule has 0 fully saturated rings. The molecule has 3 amide bonds. The first kappa shape index (κ1) is 36.2. The lowest BCUT2D eigenvalue weighted by atomic mass is 9.89. The Kier molecular flexibility index (Phi) is 13.2. The van der Waals surface area contributed by atoms with Crippen LogP contribution in [0.15, 0.2) is 85.1 Å². The number of benzene rings is 2. The molecule has 2 aromatic carbocycles. The topological polar surface area (TPSA) is 164 Å². The third-order valence-electron chi connectivity index (χ3n) is 7.28. The molecule has 0 aliphatic carbocycles. The number of aliphatic hydroxyl groups excluding tert-OH is 2. The van der Waals surface area contributed by atoms with Gasteiger partial charge in [0.25, 0.3) is 0 Å². The van der Waals surface area contributed by atoms with Crippen molar-refractivity contribution in [2.24, 2.45) is 11.7 Å². The van der Waals surface area contributed by atoms with Crippen molar-refractivity contribution >= 4 is 18.1 Å². The predicted molar refractivity (Wildman–Crippen MR) is 173 cm³/mol. The molecule has 3 rings (SSSR count). The molecule has 0 spiro atoms. The highest BCUT2D eigenvalue weighted by molar-refractivity contribution is 5.95. The van der Waals surface area contributed by atoms with Crippen LogP contribution in [0.5, 0.6) is 0 Å². The number of hydrogen-bond acceptors (Lipinski definition) is 9. The average Bonchev–Trinajstić information content (AvgIpc) is 3.02. The first-order chi connectivity index (χ1) is 21.8. The molecule has 46 heavy (non-hydrogen) atoms. The van der Waals surface area contributed by atoms with Gasteiger partial charge in [0.2, 0.25) is 5.91 Å². The predicted octanol–water partition coefficient (Wildman–Crippen LogP) is 4.00. The molecule has 5 N–H and O–H groups in total. The lowest BCUT2D eigenvalue weighted by Crippen LogP contribution is -2.62. The Balaban J connectivity index is 2.04. The molecule has 3 aromatic rings. The van der Waals surface area contributed by atoms with Crippen molar-refractivity contribution in [3.05, 3.63) is 102 Å². The highest BCUT2D eigenvalue weighted by atomic mass is 16.6. The molecule has 0 aliphatic rings. The van der Waals surface area contributed by atoms with E-state index in [0.717, 1.165) is 10.5 Å². The minimum atomic E-state index is -1.76. The van der Waals surface area contributed by atoms with Gasteiger partial charge in [-0.1, -0.05) is 80.6 Å². The highest BCUT2D eigenvalue weighted by Gasteiger charge is 2.43. The van der Waals surface area contributed by atoms with Crippen LogP contribution in [0.3, 0.4) is 0 Å². The van der Waals surface area contributed by atoms with Gasteiger partial charge in [-0.25, -0.2) is 14.5 Å². The summed E-state index contributed by atoms with van der Waals surface area (Å²) < 4.78 is 11.0. The summed E-state index contributed by atoms with van der Waals surface area (Å²) >= 11 is 0. The van der Waals surface area contributed by atoms with Crippen molar-refractivity contribution in [3.8, 4) is 0 Å². The molecule has 1 aromatic heterocycles. The lowest BCUT2D eigenvalue weighted by Gasteiger charge is -2.38. The SMILES string of the molecule is CC(C)[C@H](N)C(=O)N(C(=O)OCc1ccccn1)[C@@H](Cc1ccccc1)[C@@H](O)[C@@H](O)[C@H](Cc1ccccc1)NC(=O)OC(C)(C)C. The molecule has 1 heterocycles. The zero-order chi connectivity index (χ0) is 33.9. The van der Waals surface area contributed by atoms with E-state index in [1.165, 1.54) is 0 Å². The van der Waals surface area contributed by atoms with Crippen LogP contribution in [0.25, 0.3) is 0 Å². The number of pyridine rings is 1. The van der Waals surface area contributed by atoms with Crippen molar-refractivity contribution in [1.82, 2.24) is 15.2 Å². The van der Waals surface area contributed by atoms with Crippen molar-refractivity contribution in [3.63, 3.8) is 0 Å². The Labute approximate surface area is 270 Å². The maximum atomic E-state index is 13.9. The normalized spacial score (nSPS) is 14.8. The van der Waals surface area contributed by atoms with Crippen molar-refractivity contribution < 1.29 is 34.1 Å². The Morgan fingerprint density at radius 1 is 0.870 bits per heavy atom. The summed E-state index contributed by atoms with van der Waals surface area (Å²) in [6, 6.07) is 19.6. The van der Waals surface area contributed by atoms with Crippen molar-refractivity contribution in [2.45, 2.75) is 90.0 Å². The van der Waals surface area contributed by atoms with Crippen LogP contribution in [0.1, 0.15) is 51.4 Å². The molecular formula is C35H46N4O7. The molecule has 0 radical (unpaired) electrons. The number of nitrogens with one attached hydrogen (secondary N) is 1. The summed E-state index contributed by atoms with van der Waals surface area (Å²) in [5.41, 5.74) is 7.33. The number of nitrogens with zero attached hydrogens (tertiary/aromatic N) is 2. The number of imide groups is 1. The van der Waals surface area contributed by atoms with Gasteiger partial charge in [-0.15, -0.1) is 0 Å². The van der Waals surface area contributed by atoms with Crippen LogP contribution in [-0.4, -0.2) is 74.1 Å². The summed E-state index contributed by atoms with van der Waals surface area (Å²) in [7, 11) is 0. The van der Waals surface area contributed by atoms with Crippen LogP contribution in [0, 0.1) is 5.92 Å². The number of aromatic nitrogens is 1. The van der Waals surface area contributed by atoms with Crippen LogP contribution in [0.4, 0.5) is 9.59 Å². The fraction of sp³-hybridized carbons (Fsp3) is 0.429. The van der Waals surface area contributed by atoms with Crippen LogP contribution in [0.2, 0.25) is 0 Å². The number of ether oxygens (including phenoxy) is 2. The largest absolute Gasteiger partial charge is 0.444 e. The Bertz CT molecular complexity index is 1380. The van der Waals surface area contributed by atoms with Crippen LogP contribution >= 0.6 is 0 Å². The fourth-order valence-corrected chi connectivity index (χ4v) is 4.79. The molecule has 0 unspecified atom stereocenters. The zero-order valence-corrected chi connectivity index (χ0v) is 27.1. The molecule has 0 saturated heterocycles. The van der Waals surface area contributed by atoms with Gasteiger partial charge in [0.1, 0.15) is 24.4 Å². The number of hydrogen-bond donors (Lipinski definition) is 4. The second-order valence-electron chi connectivity index (χ2n) is 12.5. The maximum absolute atomic E-state index is 13.9. The molecule has 0 aliphatic heterocycles. The third kappa shape index (κ3) is 10.9. The quantitative estimate of drug-likeness (QED) is 0.218. The van der Waals surface area contributed by atoms with Gasteiger partial charge in [0.15, 0.2) is 0 Å². The Hall–Kier alpha value is -4.32. The first-order valence-electron chi connectivity index (χ1n) is 15.4. The number of amides is 3. The second kappa shape index (κ2) is 16.8. The van der Waals surface area contributed by atoms with Crippen LogP contribution < -0.4 is 11.1 Å². The second-order valence-corrected chi connectivity index (χ2v) is 12.5. The van der Waals surface area contributed by atoms with Gasteiger partial charge in [-0.3, -0.25) is 9.78 Å². The third-order valence-corrected chi connectivity index (χ3v) is 7.28. The summed E-state index contributed by atoms with van der Waals surface area (Å²) in [5, 5.41) is 26.3. The number of carbonyl (C=O) groups is 3. The highest BCUT2D eigenvalue weighted by Crippen LogP contribution is 2.22. The van der Waals surface area contributed by atoms with E-state index in [4.69, 9.17) is 15.2 Å². The number of nitrogens with two attached hydrogens (primary N) is 1. The number of carbonyl (C=O) groups excluding carboxylic acids is 3. The van der Waals surface area contributed by atoms with Gasteiger partial charge in [0, 0.05) is 6.20 Å². The Morgan fingerprint density at radius 2 is 1.43 bits per heavy atom. The molecule has 248 valence electrons. The van der Waals surface area contributed by atoms with Gasteiger partial charge in [-0.2, -0.15) is 0 Å². The van der Waals surface area contributed by atoms with E-state index in [9.17, 15) is 24.6 Å². The van der Waals surface area contributed by atoms with Gasteiger partial charge in [0.05, 0.1) is 23.8 Å². The van der Waals surface area contributed by atoms with Crippen molar-refractivity contribution in [1.29, 1.82) is 0 Å². The fourth-order valence-electron chi connectivity index (χ4n) is 4.79. The lowest BCUT2D eigenvalue weighted by molar-refractivity contribution is -0.139. The number of aliphatic hydroxyl groups is 2. The summed E-state index contributed by atoms with van der Waals surface area (Å²) in [4.78, 5) is 45.5. The monoisotopic (exact) mass is 634 g/mol. The summed E-state index contributed by atoms with van der Waals surface area (Å²) in [5.74, 6) is -1.15. The molecule has 11 nitrogen and oxygen atoms in total. The molecule has 5 atom stereocenters. The van der Waals surface area contributed by atoms with E-state index in [1.54, 1.807) is 83.3 Å². The molecular weight excluding hydrogens is 588 g/mol. The van der Waals surface area contributed by atoms with E-state index in [1.807, 2.05) is 36.4 Å². The summed E-state index contributed by atoms with van der Waals surface area (Å²) in [6.07, 6.45) is -3.67. The smallest absolute Gasteiger partial charge is 0.417 e.